The molecule has 0 radical (unpaired) electrons. The van der Waals surface area contributed by atoms with E-state index in [1.165, 1.54) is 6.08 Å². The van der Waals surface area contributed by atoms with E-state index in [0.29, 0.717) is 22.7 Å². The molecule has 3 rings (SSSR count). The third-order valence-electron chi connectivity index (χ3n) is 5.50. The first-order valence-corrected chi connectivity index (χ1v) is 9.98. The first-order chi connectivity index (χ1) is 14.5. The number of nitrogens with zero attached hydrogens (tertiary/aromatic N) is 2. The number of hydrogen-bond acceptors (Lipinski definition) is 5. The summed E-state index contributed by atoms with van der Waals surface area (Å²) in [7, 11) is 3.20. The van der Waals surface area contributed by atoms with E-state index in [4.69, 9.17) is 9.47 Å². The number of ether oxygens (including phenoxy) is 2. The van der Waals surface area contributed by atoms with Crippen LogP contribution in [0.2, 0.25) is 0 Å². The van der Waals surface area contributed by atoms with Crippen molar-refractivity contribution in [2.75, 3.05) is 37.5 Å². The molecule has 30 heavy (non-hydrogen) atoms. The number of nitrogens with one attached hydrogen (secondary N) is 1. The molecular formula is C24H27N3O3. The van der Waals surface area contributed by atoms with E-state index in [9.17, 15) is 10.1 Å². The van der Waals surface area contributed by atoms with Crippen molar-refractivity contribution in [1.82, 2.24) is 0 Å². The van der Waals surface area contributed by atoms with Gasteiger partial charge < -0.3 is 19.7 Å². The van der Waals surface area contributed by atoms with Crippen LogP contribution < -0.4 is 19.7 Å². The van der Waals surface area contributed by atoms with E-state index in [1.807, 2.05) is 50.2 Å². The number of rotatable bonds is 6. The summed E-state index contributed by atoms with van der Waals surface area (Å²) in [6.07, 6.45) is 3.82. The van der Waals surface area contributed by atoms with Crippen molar-refractivity contribution in [1.29, 1.82) is 5.26 Å². The van der Waals surface area contributed by atoms with Crippen molar-refractivity contribution in [2.45, 2.75) is 26.7 Å². The number of carbonyl (C=O) groups excluding carboxylic acids is 1. The fraction of sp³-hybridized carbons (Fsp3) is 0.333. The van der Waals surface area contributed by atoms with E-state index in [0.717, 1.165) is 42.7 Å². The lowest BCUT2D eigenvalue weighted by atomic mass is 10.1. The Hall–Kier alpha value is -3.46. The van der Waals surface area contributed by atoms with Crippen LogP contribution in [0.5, 0.6) is 11.5 Å². The number of nitriles is 1. The normalized spacial score (nSPS) is 13.7. The fourth-order valence-electron chi connectivity index (χ4n) is 3.60. The molecule has 0 unspecified atom stereocenters. The zero-order chi connectivity index (χ0) is 21.7. The molecule has 6 heteroatoms. The number of anilines is 2. The third-order valence-corrected chi connectivity index (χ3v) is 5.50. The number of benzene rings is 2. The van der Waals surface area contributed by atoms with Crippen molar-refractivity contribution in [3.63, 3.8) is 0 Å². The lowest BCUT2D eigenvalue weighted by Crippen LogP contribution is -2.18. The van der Waals surface area contributed by atoms with E-state index >= 15 is 0 Å². The maximum atomic E-state index is 12.8. The molecule has 6 nitrogen and oxygen atoms in total. The molecule has 1 N–H and O–H groups in total. The summed E-state index contributed by atoms with van der Waals surface area (Å²) >= 11 is 0. The Morgan fingerprint density at radius 3 is 2.47 bits per heavy atom. The zero-order valence-electron chi connectivity index (χ0n) is 17.9. The molecule has 0 atom stereocenters. The van der Waals surface area contributed by atoms with Gasteiger partial charge in [-0.3, -0.25) is 4.79 Å². The molecule has 0 aliphatic carbocycles. The molecule has 1 heterocycles. The lowest BCUT2D eigenvalue weighted by molar-refractivity contribution is -0.112. The molecule has 1 aliphatic heterocycles. The van der Waals surface area contributed by atoms with Crippen molar-refractivity contribution < 1.29 is 14.3 Å². The van der Waals surface area contributed by atoms with Gasteiger partial charge in [-0.15, -0.1) is 0 Å². The van der Waals surface area contributed by atoms with Crippen LogP contribution in [0.1, 0.15) is 29.5 Å². The Morgan fingerprint density at radius 2 is 1.83 bits per heavy atom. The van der Waals surface area contributed by atoms with Gasteiger partial charge in [-0.05, 0) is 56.0 Å². The highest BCUT2D eigenvalue weighted by atomic mass is 16.5. The minimum Gasteiger partial charge on any atom is -0.496 e. The van der Waals surface area contributed by atoms with Gasteiger partial charge in [0.15, 0.2) is 0 Å². The minimum atomic E-state index is -0.462. The third kappa shape index (κ3) is 4.41. The van der Waals surface area contributed by atoms with Gasteiger partial charge >= 0.3 is 0 Å². The molecule has 156 valence electrons. The van der Waals surface area contributed by atoms with Crippen LogP contribution in [0.3, 0.4) is 0 Å². The Kier molecular flexibility index (Phi) is 6.63. The van der Waals surface area contributed by atoms with Gasteiger partial charge in [0.2, 0.25) is 0 Å². The zero-order valence-corrected chi connectivity index (χ0v) is 17.9. The molecule has 1 aliphatic rings. The van der Waals surface area contributed by atoms with Crippen molar-refractivity contribution in [3.05, 3.63) is 52.6 Å². The van der Waals surface area contributed by atoms with Crippen molar-refractivity contribution in [3.8, 4) is 17.6 Å². The SMILES string of the molecule is COc1cc(N2CCCC2)c(OC)cc1/C=C(/C#N)C(=O)Nc1cccc(C)c1C. The summed E-state index contributed by atoms with van der Waals surface area (Å²) in [5, 5.41) is 12.5. The average molecular weight is 405 g/mol. The topological polar surface area (TPSA) is 74.6 Å². The molecule has 1 saturated heterocycles. The van der Waals surface area contributed by atoms with Crippen LogP contribution in [0.4, 0.5) is 11.4 Å². The quantitative estimate of drug-likeness (QED) is 0.567. The van der Waals surface area contributed by atoms with Gasteiger partial charge in [0.05, 0.1) is 19.9 Å². The summed E-state index contributed by atoms with van der Waals surface area (Å²) in [4.78, 5) is 15.0. The monoisotopic (exact) mass is 405 g/mol. The Bertz CT molecular complexity index is 1020. The van der Waals surface area contributed by atoms with E-state index in [-0.39, 0.29) is 5.57 Å². The molecule has 0 aromatic heterocycles. The number of carbonyl (C=O) groups is 1. The highest BCUT2D eigenvalue weighted by Crippen LogP contribution is 2.38. The smallest absolute Gasteiger partial charge is 0.266 e. The van der Waals surface area contributed by atoms with Gasteiger partial charge in [-0.2, -0.15) is 5.26 Å². The van der Waals surface area contributed by atoms with Crippen LogP contribution in [0, 0.1) is 25.2 Å². The molecule has 1 amide bonds. The van der Waals surface area contributed by atoms with Crippen LogP contribution in [0.25, 0.3) is 6.08 Å². The lowest BCUT2D eigenvalue weighted by Gasteiger charge is -2.22. The molecule has 0 spiro atoms. The summed E-state index contributed by atoms with van der Waals surface area (Å²) in [6, 6.07) is 11.4. The van der Waals surface area contributed by atoms with Crippen LogP contribution >= 0.6 is 0 Å². The molecule has 0 saturated carbocycles. The Balaban J connectivity index is 1.95. The van der Waals surface area contributed by atoms with Crippen LogP contribution in [-0.2, 0) is 4.79 Å². The van der Waals surface area contributed by atoms with E-state index < -0.39 is 5.91 Å². The number of amides is 1. The summed E-state index contributed by atoms with van der Waals surface area (Å²) < 4.78 is 11.1. The summed E-state index contributed by atoms with van der Waals surface area (Å²) in [5.74, 6) is 0.817. The second-order valence-electron chi connectivity index (χ2n) is 7.33. The fourth-order valence-corrected chi connectivity index (χ4v) is 3.60. The van der Waals surface area contributed by atoms with Gasteiger partial charge in [-0.1, -0.05) is 12.1 Å². The number of aryl methyl sites for hydroxylation is 1. The molecule has 1 fully saturated rings. The number of methoxy groups -OCH3 is 2. The van der Waals surface area contributed by atoms with Crippen molar-refractivity contribution >= 4 is 23.4 Å². The second kappa shape index (κ2) is 9.36. The molecule has 0 bridgehead atoms. The van der Waals surface area contributed by atoms with Crippen molar-refractivity contribution in [2.24, 2.45) is 0 Å². The summed E-state index contributed by atoms with van der Waals surface area (Å²) in [6.45, 7) is 5.85. The van der Waals surface area contributed by atoms with Crippen LogP contribution in [0.15, 0.2) is 35.9 Å². The molecule has 2 aromatic carbocycles. The van der Waals surface area contributed by atoms with E-state index in [2.05, 4.69) is 10.2 Å². The molecule has 2 aromatic rings. The predicted octanol–water partition coefficient (Wildman–Crippen LogP) is 4.47. The highest BCUT2D eigenvalue weighted by molar-refractivity contribution is 6.10. The maximum Gasteiger partial charge on any atom is 0.266 e. The van der Waals surface area contributed by atoms with Gasteiger partial charge in [-0.25, -0.2) is 0 Å². The largest absolute Gasteiger partial charge is 0.496 e. The van der Waals surface area contributed by atoms with Crippen LogP contribution in [-0.4, -0.2) is 33.2 Å². The second-order valence-corrected chi connectivity index (χ2v) is 7.33. The first-order valence-electron chi connectivity index (χ1n) is 9.98. The standard InChI is InChI=1S/C24H27N3O3/c1-16-8-7-9-20(17(16)2)26-24(28)19(15-25)12-18-13-23(30-4)21(14-22(18)29-3)27-10-5-6-11-27/h7-9,12-14H,5-6,10-11H2,1-4H3,(H,26,28)/b19-12-. The Labute approximate surface area is 177 Å². The average Bonchev–Trinajstić information content (AvgIpc) is 3.29. The Morgan fingerprint density at radius 1 is 1.13 bits per heavy atom. The minimum absolute atomic E-state index is 0.00909. The maximum absolute atomic E-state index is 12.8. The summed E-state index contributed by atoms with van der Waals surface area (Å²) in [5.41, 5.74) is 4.30. The highest BCUT2D eigenvalue weighted by Gasteiger charge is 2.20. The predicted molar refractivity (Wildman–Crippen MR) is 119 cm³/mol. The van der Waals surface area contributed by atoms with Gasteiger partial charge in [0.25, 0.3) is 5.91 Å². The van der Waals surface area contributed by atoms with E-state index in [1.54, 1.807) is 14.2 Å². The van der Waals surface area contributed by atoms with Gasteiger partial charge in [0.1, 0.15) is 23.1 Å². The molecular weight excluding hydrogens is 378 g/mol. The first kappa shape index (κ1) is 21.3. The van der Waals surface area contributed by atoms with Gasteiger partial charge in [0, 0.05) is 30.4 Å². The number of hydrogen-bond donors (Lipinski definition) is 1.